The lowest BCUT2D eigenvalue weighted by Crippen LogP contribution is -2.33. The van der Waals surface area contributed by atoms with Gasteiger partial charge in [-0.15, -0.1) is 0 Å². The van der Waals surface area contributed by atoms with Crippen LogP contribution in [0.2, 0.25) is 0 Å². The van der Waals surface area contributed by atoms with Crippen molar-refractivity contribution in [1.82, 2.24) is 4.90 Å². The average Bonchev–Trinajstić information content (AvgIpc) is 3.14. The van der Waals surface area contributed by atoms with E-state index >= 15 is 0 Å². The Hall–Kier alpha value is -2.15. The predicted molar refractivity (Wildman–Crippen MR) is 228 cm³/mol. The highest BCUT2D eigenvalue weighted by molar-refractivity contribution is 5.76. The second-order valence-electron chi connectivity index (χ2n) is 16.5. The molecule has 0 amide bonds. The molecule has 0 bridgehead atoms. The first-order valence-corrected chi connectivity index (χ1v) is 22.6. The highest BCUT2D eigenvalue weighted by Gasteiger charge is 2.33. The Labute approximate surface area is 334 Å². The maximum absolute atomic E-state index is 13.5. The minimum atomic E-state index is -0.513. The summed E-state index contributed by atoms with van der Waals surface area (Å²) in [4.78, 5) is 40.0. The molecule has 7 heteroatoms. The van der Waals surface area contributed by atoms with Crippen LogP contribution in [-0.4, -0.2) is 62.3 Å². The topological polar surface area (TPSA) is 82.1 Å². The zero-order chi connectivity index (χ0) is 40.1. The van der Waals surface area contributed by atoms with Gasteiger partial charge in [0.1, 0.15) is 19.3 Å². The van der Waals surface area contributed by atoms with Crippen LogP contribution < -0.4 is 0 Å². The van der Waals surface area contributed by atoms with Crippen molar-refractivity contribution in [3.05, 3.63) is 24.3 Å². The van der Waals surface area contributed by atoms with E-state index in [1.165, 1.54) is 51.4 Å². The monoisotopic (exact) mass is 762 g/mol. The van der Waals surface area contributed by atoms with E-state index in [4.69, 9.17) is 14.2 Å². The highest BCUT2D eigenvalue weighted by Crippen LogP contribution is 2.30. The fourth-order valence-corrected chi connectivity index (χ4v) is 6.75. The zero-order valence-electron chi connectivity index (χ0n) is 36.6. The molecule has 0 aromatic carbocycles. The largest absolute Gasteiger partial charge is 0.462 e. The fourth-order valence-electron chi connectivity index (χ4n) is 6.75. The first-order chi connectivity index (χ1) is 26.0. The van der Waals surface area contributed by atoms with Gasteiger partial charge in [0.2, 0.25) is 0 Å². The second-order valence-corrected chi connectivity index (χ2v) is 16.5. The Morgan fingerprint density at radius 3 is 1.50 bits per heavy atom. The number of carbonyl (C=O) groups excluding carboxylic acids is 3. The number of esters is 3. The molecule has 316 valence electrons. The van der Waals surface area contributed by atoms with E-state index in [-0.39, 0.29) is 24.0 Å². The third kappa shape index (κ3) is 33.2. The molecular formula is C47H87NO6. The van der Waals surface area contributed by atoms with Crippen LogP contribution in [0.5, 0.6) is 0 Å². The first-order valence-electron chi connectivity index (χ1n) is 22.6. The van der Waals surface area contributed by atoms with Gasteiger partial charge in [-0.2, -0.15) is 0 Å². The van der Waals surface area contributed by atoms with E-state index in [9.17, 15) is 14.4 Å². The van der Waals surface area contributed by atoms with Crippen molar-refractivity contribution in [2.75, 3.05) is 33.4 Å². The van der Waals surface area contributed by atoms with Crippen molar-refractivity contribution in [2.45, 2.75) is 215 Å². The maximum atomic E-state index is 13.5. The van der Waals surface area contributed by atoms with Crippen LogP contribution in [-0.2, 0) is 28.6 Å². The molecule has 0 aromatic heterocycles. The molecule has 1 atom stereocenters. The molecule has 0 spiro atoms. The molecular weight excluding hydrogens is 675 g/mol. The number of carbonyl (C=O) groups is 3. The molecule has 0 aromatic rings. The summed E-state index contributed by atoms with van der Waals surface area (Å²) in [5.41, 5.74) is -0.513. The number of unbranched alkanes of at least 4 members (excludes halogenated alkanes) is 16. The van der Waals surface area contributed by atoms with Gasteiger partial charge in [-0.3, -0.25) is 14.4 Å². The van der Waals surface area contributed by atoms with Crippen molar-refractivity contribution < 1.29 is 28.6 Å². The second kappa shape index (κ2) is 36.5. The quantitative estimate of drug-likeness (QED) is 0.0268. The maximum Gasteiger partial charge on any atom is 0.311 e. The van der Waals surface area contributed by atoms with Crippen LogP contribution in [0.4, 0.5) is 0 Å². The first kappa shape index (κ1) is 51.9. The lowest BCUT2D eigenvalue weighted by atomic mass is 9.82. The number of nitrogens with zero attached hydrogens (tertiary/aromatic N) is 1. The van der Waals surface area contributed by atoms with Crippen LogP contribution in [0.15, 0.2) is 24.3 Å². The van der Waals surface area contributed by atoms with Gasteiger partial charge >= 0.3 is 17.9 Å². The van der Waals surface area contributed by atoms with E-state index in [1.807, 2.05) is 26.0 Å². The molecule has 7 nitrogen and oxygen atoms in total. The fraction of sp³-hybridized carbons (Fsp3) is 0.851. The summed E-state index contributed by atoms with van der Waals surface area (Å²) in [5, 5.41) is 0. The lowest BCUT2D eigenvalue weighted by molar-refractivity contribution is -0.161. The van der Waals surface area contributed by atoms with Gasteiger partial charge in [-0.25, -0.2) is 0 Å². The summed E-state index contributed by atoms with van der Waals surface area (Å²) in [6.07, 6.45) is 34.9. The SMILES string of the molecule is CCCCCC/C=C\COC(=O)CCCCCCCC(CCCCCCCC(=O)OC/C=C\CCCCCC)OC(=O)C(C)(C)CC(C)CCN(C)CC. The molecule has 0 saturated carbocycles. The Balaban J connectivity index is 4.56. The average molecular weight is 762 g/mol. The zero-order valence-corrected chi connectivity index (χ0v) is 36.6. The van der Waals surface area contributed by atoms with Gasteiger partial charge in [0.15, 0.2) is 0 Å². The molecule has 0 radical (unpaired) electrons. The van der Waals surface area contributed by atoms with Crippen molar-refractivity contribution in [3.63, 3.8) is 0 Å². The van der Waals surface area contributed by atoms with E-state index in [2.05, 4.69) is 51.8 Å². The van der Waals surface area contributed by atoms with Crippen molar-refractivity contribution in [3.8, 4) is 0 Å². The van der Waals surface area contributed by atoms with Crippen LogP contribution in [0.1, 0.15) is 208 Å². The van der Waals surface area contributed by atoms with Gasteiger partial charge in [-0.1, -0.05) is 129 Å². The van der Waals surface area contributed by atoms with E-state index in [0.717, 1.165) is 116 Å². The lowest BCUT2D eigenvalue weighted by Gasteiger charge is -2.29. The van der Waals surface area contributed by atoms with Crippen LogP contribution >= 0.6 is 0 Å². The number of hydrogen-bond donors (Lipinski definition) is 0. The molecule has 54 heavy (non-hydrogen) atoms. The molecule has 0 saturated heterocycles. The van der Waals surface area contributed by atoms with Gasteiger partial charge < -0.3 is 19.1 Å². The van der Waals surface area contributed by atoms with Gasteiger partial charge in [0.05, 0.1) is 5.41 Å². The standard InChI is InChI=1S/C47H87NO6/c1-8-11-13-15-17-25-31-39-52-44(49)35-29-23-19-21-27-33-43(54-46(51)47(5,6)41-42(4)37-38-48(7)10-3)34-28-22-20-24-30-36-45(50)53-40-32-26-18-16-14-12-9-2/h25-26,31-32,42-43H,8-24,27-30,33-41H2,1-7H3/b31-25-,32-26-. The van der Waals surface area contributed by atoms with E-state index in [0.29, 0.717) is 32.0 Å². The summed E-state index contributed by atoms with van der Waals surface area (Å²) >= 11 is 0. The predicted octanol–water partition coefficient (Wildman–Crippen LogP) is 12.9. The number of allylic oxidation sites excluding steroid dienone is 2. The molecule has 1 unspecified atom stereocenters. The van der Waals surface area contributed by atoms with Crippen LogP contribution in [0.25, 0.3) is 0 Å². The Bertz CT molecular complexity index is 908. The molecule has 0 rings (SSSR count). The summed E-state index contributed by atoms with van der Waals surface area (Å²) in [6.45, 7) is 15.8. The third-order valence-electron chi connectivity index (χ3n) is 10.5. The number of rotatable bonds is 38. The van der Waals surface area contributed by atoms with E-state index < -0.39 is 5.41 Å². The summed E-state index contributed by atoms with van der Waals surface area (Å²) in [7, 11) is 2.14. The summed E-state index contributed by atoms with van der Waals surface area (Å²) in [6, 6.07) is 0. The number of hydrogen-bond acceptors (Lipinski definition) is 7. The van der Waals surface area contributed by atoms with Gasteiger partial charge in [0, 0.05) is 12.8 Å². The Kier molecular flexibility index (Phi) is 35.0. The van der Waals surface area contributed by atoms with Crippen molar-refractivity contribution in [1.29, 1.82) is 0 Å². The molecule has 0 aliphatic heterocycles. The summed E-state index contributed by atoms with van der Waals surface area (Å²) in [5.74, 6) is 0.159. The van der Waals surface area contributed by atoms with E-state index in [1.54, 1.807) is 0 Å². The molecule has 0 N–H and O–H groups in total. The van der Waals surface area contributed by atoms with Crippen molar-refractivity contribution >= 4 is 17.9 Å². The minimum absolute atomic E-state index is 0.0670. The molecule has 0 aliphatic carbocycles. The van der Waals surface area contributed by atoms with Crippen LogP contribution in [0, 0.1) is 11.3 Å². The summed E-state index contributed by atoms with van der Waals surface area (Å²) < 4.78 is 17.0. The third-order valence-corrected chi connectivity index (χ3v) is 10.5. The van der Waals surface area contributed by atoms with Crippen LogP contribution in [0.3, 0.4) is 0 Å². The number of ether oxygens (including phenoxy) is 3. The molecule has 0 aliphatic rings. The molecule has 0 heterocycles. The van der Waals surface area contributed by atoms with Gasteiger partial charge in [-0.05, 0) is 117 Å². The smallest absolute Gasteiger partial charge is 0.311 e. The van der Waals surface area contributed by atoms with Gasteiger partial charge in [0.25, 0.3) is 0 Å². The minimum Gasteiger partial charge on any atom is -0.462 e. The Morgan fingerprint density at radius 2 is 1.04 bits per heavy atom. The Morgan fingerprint density at radius 1 is 0.593 bits per heavy atom. The normalized spacial score (nSPS) is 12.7. The highest BCUT2D eigenvalue weighted by atomic mass is 16.5. The van der Waals surface area contributed by atoms with Crippen molar-refractivity contribution in [2.24, 2.45) is 11.3 Å². The molecule has 0 fully saturated rings.